The number of nitrogens with one attached hydrogen (secondary N) is 1. The molecule has 1 amide bonds. The third-order valence-electron chi connectivity index (χ3n) is 3.83. The van der Waals surface area contributed by atoms with Crippen LogP contribution in [0.1, 0.15) is 46.5 Å². The van der Waals surface area contributed by atoms with Gasteiger partial charge < -0.3 is 14.8 Å². The summed E-state index contributed by atoms with van der Waals surface area (Å²) in [4.78, 5) is 11.7. The fourth-order valence-corrected chi connectivity index (χ4v) is 2.97. The first-order valence-corrected chi connectivity index (χ1v) is 7.01. The van der Waals surface area contributed by atoms with E-state index in [1.54, 1.807) is 0 Å². The van der Waals surface area contributed by atoms with Crippen LogP contribution < -0.4 is 5.32 Å². The van der Waals surface area contributed by atoms with Crippen molar-refractivity contribution in [2.75, 3.05) is 13.2 Å². The fourth-order valence-electron chi connectivity index (χ4n) is 2.97. The van der Waals surface area contributed by atoms with Gasteiger partial charge in [0.05, 0.1) is 0 Å². The van der Waals surface area contributed by atoms with Gasteiger partial charge in [0.1, 0.15) is 5.60 Å². The number of rotatable bonds is 2. The molecule has 0 spiro atoms. The summed E-state index contributed by atoms with van der Waals surface area (Å²) in [6.07, 6.45) is 4.25. The van der Waals surface area contributed by atoms with Crippen molar-refractivity contribution in [3.8, 4) is 0 Å². The van der Waals surface area contributed by atoms with Crippen LogP contribution in [0.2, 0.25) is 0 Å². The lowest BCUT2D eigenvalue weighted by Crippen LogP contribution is -2.38. The molecule has 2 rings (SSSR count). The van der Waals surface area contributed by atoms with Crippen molar-refractivity contribution >= 4 is 6.09 Å². The first kappa shape index (κ1) is 13.7. The second-order valence-corrected chi connectivity index (χ2v) is 6.54. The minimum Gasteiger partial charge on any atom is -0.444 e. The molecule has 1 heterocycles. The summed E-state index contributed by atoms with van der Waals surface area (Å²) in [6.45, 7) is 7.48. The molecule has 1 saturated carbocycles. The second-order valence-electron chi connectivity index (χ2n) is 6.54. The van der Waals surface area contributed by atoms with Crippen molar-refractivity contribution in [2.24, 2.45) is 11.8 Å². The van der Waals surface area contributed by atoms with Gasteiger partial charge in [-0.1, -0.05) is 0 Å². The summed E-state index contributed by atoms with van der Waals surface area (Å²) in [7, 11) is 0. The number of ether oxygens (including phenoxy) is 2. The Hall–Kier alpha value is -0.770. The third-order valence-corrected chi connectivity index (χ3v) is 3.83. The van der Waals surface area contributed by atoms with Crippen LogP contribution >= 0.6 is 0 Å². The van der Waals surface area contributed by atoms with E-state index < -0.39 is 5.60 Å². The molecule has 2 fully saturated rings. The lowest BCUT2D eigenvalue weighted by atomic mass is 9.90. The molecule has 2 aliphatic rings. The molecule has 0 radical (unpaired) electrons. The average molecular weight is 255 g/mol. The molecule has 0 bridgehead atoms. The first-order valence-electron chi connectivity index (χ1n) is 7.01. The number of hydrogen-bond donors (Lipinski definition) is 1. The van der Waals surface area contributed by atoms with E-state index in [2.05, 4.69) is 5.32 Å². The normalized spacial score (nSPS) is 32.5. The van der Waals surface area contributed by atoms with Crippen LogP contribution in [0.3, 0.4) is 0 Å². The molecule has 18 heavy (non-hydrogen) atoms. The number of alkyl carbamates (subject to hydrolysis) is 1. The maximum atomic E-state index is 11.7. The molecule has 3 atom stereocenters. The summed E-state index contributed by atoms with van der Waals surface area (Å²) in [5.74, 6) is 1.42. The minimum atomic E-state index is -0.415. The lowest BCUT2D eigenvalue weighted by molar-refractivity contribution is 0.0503. The van der Waals surface area contributed by atoms with Gasteiger partial charge in [-0.2, -0.15) is 0 Å². The Bertz CT molecular complexity index is 292. The fraction of sp³-hybridized carbons (Fsp3) is 0.929. The van der Waals surface area contributed by atoms with E-state index in [-0.39, 0.29) is 12.1 Å². The standard InChI is InChI=1S/C14H25NO3/c1-14(2,3)18-13(16)15-12-5-4-10(8-12)11-6-7-17-9-11/h10-12H,4-9H2,1-3H3,(H,15,16)/t10-,11-,12+/m0/s1. The zero-order valence-electron chi connectivity index (χ0n) is 11.7. The Kier molecular flexibility index (Phi) is 4.15. The van der Waals surface area contributed by atoms with Crippen molar-refractivity contribution in [2.45, 2.75) is 58.1 Å². The maximum absolute atomic E-state index is 11.7. The van der Waals surface area contributed by atoms with Gasteiger partial charge in [-0.3, -0.25) is 0 Å². The van der Waals surface area contributed by atoms with Gasteiger partial charge in [0.15, 0.2) is 0 Å². The number of carbonyl (C=O) groups excluding carboxylic acids is 1. The highest BCUT2D eigenvalue weighted by Gasteiger charge is 2.34. The highest BCUT2D eigenvalue weighted by atomic mass is 16.6. The summed E-state index contributed by atoms with van der Waals surface area (Å²) < 4.78 is 10.7. The Morgan fingerprint density at radius 2 is 2.00 bits per heavy atom. The van der Waals surface area contributed by atoms with E-state index in [0.717, 1.165) is 26.1 Å². The summed E-state index contributed by atoms with van der Waals surface area (Å²) >= 11 is 0. The van der Waals surface area contributed by atoms with Crippen LogP contribution in [0.25, 0.3) is 0 Å². The highest BCUT2D eigenvalue weighted by molar-refractivity contribution is 5.68. The SMILES string of the molecule is CC(C)(C)OC(=O)N[C@@H]1CC[C@H]([C@H]2CCOC2)C1. The molecule has 1 aliphatic carbocycles. The Morgan fingerprint density at radius 3 is 2.61 bits per heavy atom. The molecule has 0 unspecified atom stereocenters. The molecule has 0 aromatic carbocycles. The smallest absolute Gasteiger partial charge is 0.407 e. The Labute approximate surface area is 109 Å². The quantitative estimate of drug-likeness (QED) is 0.825. The summed E-state index contributed by atoms with van der Waals surface area (Å²) in [5, 5.41) is 2.99. The summed E-state index contributed by atoms with van der Waals surface area (Å²) in [5.41, 5.74) is -0.415. The molecule has 1 saturated heterocycles. The highest BCUT2D eigenvalue weighted by Crippen LogP contribution is 2.35. The molecule has 1 aliphatic heterocycles. The van der Waals surface area contributed by atoms with Gasteiger partial charge in [0.2, 0.25) is 0 Å². The van der Waals surface area contributed by atoms with Crippen LogP contribution in [0.5, 0.6) is 0 Å². The van der Waals surface area contributed by atoms with Crippen molar-refractivity contribution in [3.63, 3.8) is 0 Å². The van der Waals surface area contributed by atoms with Crippen LogP contribution in [0, 0.1) is 11.8 Å². The van der Waals surface area contributed by atoms with E-state index in [4.69, 9.17) is 9.47 Å². The van der Waals surface area contributed by atoms with E-state index in [1.165, 1.54) is 12.8 Å². The maximum Gasteiger partial charge on any atom is 0.407 e. The van der Waals surface area contributed by atoms with Gasteiger partial charge in [-0.05, 0) is 58.3 Å². The number of hydrogen-bond acceptors (Lipinski definition) is 3. The van der Waals surface area contributed by atoms with Crippen LogP contribution in [0.4, 0.5) is 4.79 Å². The van der Waals surface area contributed by atoms with Crippen molar-refractivity contribution in [1.29, 1.82) is 0 Å². The second kappa shape index (κ2) is 5.47. The van der Waals surface area contributed by atoms with E-state index in [9.17, 15) is 4.79 Å². The third kappa shape index (κ3) is 3.87. The molecule has 4 heteroatoms. The number of carbonyl (C=O) groups is 1. The zero-order chi connectivity index (χ0) is 13.2. The topological polar surface area (TPSA) is 47.6 Å². The lowest BCUT2D eigenvalue weighted by Gasteiger charge is -2.22. The van der Waals surface area contributed by atoms with Crippen molar-refractivity contribution < 1.29 is 14.3 Å². The van der Waals surface area contributed by atoms with E-state index >= 15 is 0 Å². The monoisotopic (exact) mass is 255 g/mol. The number of amides is 1. The predicted molar refractivity (Wildman–Crippen MR) is 69.4 cm³/mol. The molecule has 4 nitrogen and oxygen atoms in total. The van der Waals surface area contributed by atoms with Crippen molar-refractivity contribution in [1.82, 2.24) is 5.32 Å². The van der Waals surface area contributed by atoms with Gasteiger partial charge >= 0.3 is 6.09 Å². The molecular weight excluding hydrogens is 230 g/mol. The van der Waals surface area contributed by atoms with Crippen molar-refractivity contribution in [3.05, 3.63) is 0 Å². The molecule has 0 aromatic heterocycles. The van der Waals surface area contributed by atoms with E-state index in [1.807, 2.05) is 20.8 Å². The largest absolute Gasteiger partial charge is 0.444 e. The van der Waals surface area contributed by atoms with Gasteiger partial charge in [0, 0.05) is 19.3 Å². The predicted octanol–water partition coefficient (Wildman–Crippen LogP) is 2.72. The van der Waals surface area contributed by atoms with Crippen LogP contribution in [-0.2, 0) is 9.47 Å². The van der Waals surface area contributed by atoms with Gasteiger partial charge in [-0.15, -0.1) is 0 Å². The Morgan fingerprint density at radius 1 is 1.22 bits per heavy atom. The van der Waals surface area contributed by atoms with Crippen LogP contribution in [0.15, 0.2) is 0 Å². The molecular formula is C14H25NO3. The first-order chi connectivity index (χ1) is 8.44. The van der Waals surface area contributed by atoms with Crippen LogP contribution in [-0.4, -0.2) is 30.9 Å². The Balaban J connectivity index is 1.73. The zero-order valence-corrected chi connectivity index (χ0v) is 11.7. The summed E-state index contributed by atoms with van der Waals surface area (Å²) in [6, 6.07) is 0.283. The molecule has 1 N–H and O–H groups in total. The average Bonchev–Trinajstić information content (AvgIpc) is 2.82. The molecule has 104 valence electrons. The van der Waals surface area contributed by atoms with Gasteiger partial charge in [-0.25, -0.2) is 4.79 Å². The van der Waals surface area contributed by atoms with Gasteiger partial charge in [0.25, 0.3) is 0 Å². The minimum absolute atomic E-state index is 0.282. The van der Waals surface area contributed by atoms with E-state index in [0.29, 0.717) is 11.8 Å². The molecule has 0 aromatic rings.